The van der Waals surface area contributed by atoms with Crippen LogP contribution >= 0.6 is 0 Å². The monoisotopic (exact) mass is 196 g/mol. The third-order valence-corrected chi connectivity index (χ3v) is 2.07. The number of rotatable bonds is 5. The Morgan fingerprint density at radius 1 is 1.29 bits per heavy atom. The summed E-state index contributed by atoms with van der Waals surface area (Å²) >= 11 is 0. The zero-order valence-corrected chi connectivity index (χ0v) is 8.73. The van der Waals surface area contributed by atoms with E-state index >= 15 is 0 Å². The highest BCUT2D eigenvalue weighted by Crippen LogP contribution is 2.09. The number of likely N-dealkylation sites (N-methyl/N-ethyl adjacent to an activating group) is 1. The largest absolute Gasteiger partial charge is 0.318 e. The van der Waals surface area contributed by atoms with Crippen LogP contribution in [0.25, 0.3) is 0 Å². The standard InChI is InChI=1S/C11H17FN2/c1-9-3-4-11(12)10(7-9)8-14-6-5-13-2/h3-4,7,13-14H,5-6,8H2,1-2H3. The second-order valence-corrected chi connectivity index (χ2v) is 3.38. The van der Waals surface area contributed by atoms with Crippen LogP contribution in [0.1, 0.15) is 11.1 Å². The van der Waals surface area contributed by atoms with Gasteiger partial charge in [0.2, 0.25) is 0 Å². The Kier molecular flexibility index (Phi) is 4.56. The minimum absolute atomic E-state index is 0.132. The van der Waals surface area contributed by atoms with E-state index in [1.54, 1.807) is 6.07 Å². The summed E-state index contributed by atoms with van der Waals surface area (Å²) < 4.78 is 13.2. The molecule has 0 atom stereocenters. The molecule has 1 aromatic rings. The lowest BCUT2D eigenvalue weighted by Crippen LogP contribution is -2.24. The van der Waals surface area contributed by atoms with E-state index in [1.165, 1.54) is 6.07 Å². The minimum Gasteiger partial charge on any atom is -0.318 e. The Morgan fingerprint density at radius 3 is 2.79 bits per heavy atom. The molecule has 0 radical (unpaired) electrons. The van der Waals surface area contributed by atoms with Crippen LogP contribution in [0.2, 0.25) is 0 Å². The van der Waals surface area contributed by atoms with Crippen molar-refractivity contribution in [3.05, 3.63) is 35.1 Å². The Bertz CT molecular complexity index is 287. The van der Waals surface area contributed by atoms with E-state index in [0.29, 0.717) is 6.54 Å². The molecule has 0 spiro atoms. The van der Waals surface area contributed by atoms with Gasteiger partial charge in [0.25, 0.3) is 0 Å². The van der Waals surface area contributed by atoms with Gasteiger partial charge in [0.1, 0.15) is 5.82 Å². The molecule has 3 heteroatoms. The lowest BCUT2D eigenvalue weighted by molar-refractivity contribution is 0.582. The number of hydrogen-bond acceptors (Lipinski definition) is 2. The van der Waals surface area contributed by atoms with E-state index in [4.69, 9.17) is 0 Å². The fourth-order valence-corrected chi connectivity index (χ4v) is 1.28. The maximum atomic E-state index is 13.2. The highest BCUT2D eigenvalue weighted by Gasteiger charge is 2.00. The first-order valence-corrected chi connectivity index (χ1v) is 4.84. The molecule has 0 bridgehead atoms. The van der Waals surface area contributed by atoms with Crippen molar-refractivity contribution in [2.24, 2.45) is 0 Å². The highest BCUT2D eigenvalue weighted by molar-refractivity contribution is 5.23. The summed E-state index contributed by atoms with van der Waals surface area (Å²) in [4.78, 5) is 0. The van der Waals surface area contributed by atoms with Crippen LogP contribution in [0.4, 0.5) is 4.39 Å². The second-order valence-electron chi connectivity index (χ2n) is 3.38. The highest BCUT2D eigenvalue weighted by atomic mass is 19.1. The minimum atomic E-state index is -0.132. The Balaban J connectivity index is 2.45. The summed E-state index contributed by atoms with van der Waals surface area (Å²) in [5.41, 5.74) is 1.83. The first kappa shape index (κ1) is 11.1. The van der Waals surface area contributed by atoms with Gasteiger partial charge in [-0.2, -0.15) is 0 Å². The first-order chi connectivity index (χ1) is 6.74. The SMILES string of the molecule is CNCCNCc1cc(C)ccc1F. The zero-order valence-electron chi connectivity index (χ0n) is 8.73. The van der Waals surface area contributed by atoms with Crippen molar-refractivity contribution < 1.29 is 4.39 Å². The summed E-state index contributed by atoms with van der Waals surface area (Å²) in [7, 11) is 1.90. The zero-order chi connectivity index (χ0) is 10.4. The van der Waals surface area contributed by atoms with Gasteiger partial charge >= 0.3 is 0 Å². The van der Waals surface area contributed by atoms with E-state index in [2.05, 4.69) is 10.6 Å². The van der Waals surface area contributed by atoms with Gasteiger partial charge in [0.15, 0.2) is 0 Å². The fraction of sp³-hybridized carbons (Fsp3) is 0.455. The van der Waals surface area contributed by atoms with Crippen molar-refractivity contribution in [1.82, 2.24) is 10.6 Å². The third kappa shape index (κ3) is 3.44. The maximum absolute atomic E-state index is 13.2. The van der Waals surface area contributed by atoms with Gasteiger partial charge in [-0.05, 0) is 20.0 Å². The van der Waals surface area contributed by atoms with Crippen LogP contribution in [0.3, 0.4) is 0 Å². The average molecular weight is 196 g/mol. The Morgan fingerprint density at radius 2 is 2.07 bits per heavy atom. The van der Waals surface area contributed by atoms with E-state index in [1.807, 2.05) is 20.0 Å². The molecule has 2 nitrogen and oxygen atoms in total. The van der Waals surface area contributed by atoms with Gasteiger partial charge in [-0.3, -0.25) is 0 Å². The molecular formula is C11H17FN2. The third-order valence-electron chi connectivity index (χ3n) is 2.07. The van der Waals surface area contributed by atoms with Crippen molar-refractivity contribution in [2.75, 3.05) is 20.1 Å². The summed E-state index contributed by atoms with van der Waals surface area (Å²) in [6.07, 6.45) is 0. The first-order valence-electron chi connectivity index (χ1n) is 4.84. The molecule has 1 aromatic carbocycles. The molecule has 0 heterocycles. The molecule has 14 heavy (non-hydrogen) atoms. The Hall–Kier alpha value is -0.930. The van der Waals surface area contributed by atoms with Gasteiger partial charge in [-0.1, -0.05) is 17.7 Å². The van der Waals surface area contributed by atoms with Crippen LogP contribution < -0.4 is 10.6 Å². The smallest absolute Gasteiger partial charge is 0.127 e. The summed E-state index contributed by atoms with van der Waals surface area (Å²) in [5, 5.41) is 6.19. The second kappa shape index (κ2) is 5.73. The molecule has 0 amide bonds. The quantitative estimate of drug-likeness (QED) is 0.696. The van der Waals surface area contributed by atoms with Crippen molar-refractivity contribution in [3.63, 3.8) is 0 Å². The van der Waals surface area contributed by atoms with Gasteiger partial charge in [-0.25, -0.2) is 4.39 Å². The number of nitrogens with one attached hydrogen (secondary N) is 2. The predicted molar refractivity (Wildman–Crippen MR) is 56.8 cm³/mol. The molecule has 0 unspecified atom stereocenters. The summed E-state index contributed by atoms with van der Waals surface area (Å²) in [6, 6.07) is 5.18. The van der Waals surface area contributed by atoms with Gasteiger partial charge in [0.05, 0.1) is 0 Å². The van der Waals surface area contributed by atoms with Crippen LogP contribution in [-0.2, 0) is 6.54 Å². The predicted octanol–water partition coefficient (Wildman–Crippen LogP) is 1.44. The van der Waals surface area contributed by atoms with Crippen molar-refractivity contribution in [2.45, 2.75) is 13.5 Å². The van der Waals surface area contributed by atoms with Crippen LogP contribution in [0.15, 0.2) is 18.2 Å². The topological polar surface area (TPSA) is 24.1 Å². The normalized spacial score (nSPS) is 10.5. The van der Waals surface area contributed by atoms with Crippen LogP contribution in [0.5, 0.6) is 0 Å². The van der Waals surface area contributed by atoms with Crippen molar-refractivity contribution >= 4 is 0 Å². The number of halogens is 1. The fourth-order valence-electron chi connectivity index (χ4n) is 1.28. The molecule has 0 aliphatic heterocycles. The summed E-state index contributed by atoms with van der Waals surface area (Å²) in [5.74, 6) is -0.132. The van der Waals surface area contributed by atoms with E-state index in [-0.39, 0.29) is 5.82 Å². The molecule has 0 fully saturated rings. The lowest BCUT2D eigenvalue weighted by Gasteiger charge is -2.06. The maximum Gasteiger partial charge on any atom is 0.127 e. The molecule has 0 saturated carbocycles. The van der Waals surface area contributed by atoms with Crippen molar-refractivity contribution in [3.8, 4) is 0 Å². The molecular weight excluding hydrogens is 179 g/mol. The number of benzene rings is 1. The van der Waals surface area contributed by atoms with Gasteiger partial charge < -0.3 is 10.6 Å². The molecule has 0 aliphatic carbocycles. The molecule has 0 aliphatic rings. The average Bonchev–Trinajstić information content (AvgIpc) is 2.18. The van der Waals surface area contributed by atoms with Crippen LogP contribution in [-0.4, -0.2) is 20.1 Å². The van der Waals surface area contributed by atoms with E-state index in [9.17, 15) is 4.39 Å². The molecule has 78 valence electrons. The Labute approximate surface area is 84.5 Å². The van der Waals surface area contributed by atoms with Crippen molar-refractivity contribution in [1.29, 1.82) is 0 Å². The van der Waals surface area contributed by atoms with Gasteiger partial charge in [0, 0.05) is 25.2 Å². The summed E-state index contributed by atoms with van der Waals surface area (Å²) in [6.45, 7) is 4.31. The number of hydrogen-bond donors (Lipinski definition) is 2. The van der Waals surface area contributed by atoms with E-state index < -0.39 is 0 Å². The van der Waals surface area contributed by atoms with E-state index in [0.717, 1.165) is 24.2 Å². The molecule has 2 N–H and O–H groups in total. The van der Waals surface area contributed by atoms with Gasteiger partial charge in [-0.15, -0.1) is 0 Å². The van der Waals surface area contributed by atoms with Crippen LogP contribution in [0, 0.1) is 12.7 Å². The molecule has 0 aromatic heterocycles. The number of aryl methyl sites for hydroxylation is 1. The molecule has 0 saturated heterocycles. The lowest BCUT2D eigenvalue weighted by atomic mass is 10.1. The molecule has 1 rings (SSSR count).